The van der Waals surface area contributed by atoms with Crippen molar-refractivity contribution in [3.05, 3.63) is 65.2 Å². The van der Waals surface area contributed by atoms with Gasteiger partial charge < -0.3 is 10.1 Å². The largest absolute Gasteiger partial charge is 0.382 e. The maximum absolute atomic E-state index is 14.4. The Kier molecular flexibility index (Phi) is 6.98. The lowest BCUT2D eigenvalue weighted by Crippen LogP contribution is -2.28. The zero-order valence-electron chi connectivity index (χ0n) is 21.6. The van der Waals surface area contributed by atoms with E-state index in [1.54, 1.807) is 49.0 Å². The third-order valence-electron chi connectivity index (χ3n) is 6.74. The summed E-state index contributed by atoms with van der Waals surface area (Å²) in [5, 5.41) is 8.17. The summed E-state index contributed by atoms with van der Waals surface area (Å²) in [4.78, 5) is 40.0. The van der Waals surface area contributed by atoms with E-state index in [-0.39, 0.29) is 42.0 Å². The molecule has 5 rings (SSSR count). The molecule has 4 heterocycles. The number of nitrogens with one attached hydrogen (secondary N) is 1. The number of nitrogens with zero attached hydrogens (tertiary/aromatic N) is 5. The summed E-state index contributed by atoms with van der Waals surface area (Å²) in [6.07, 6.45) is 3.29. The van der Waals surface area contributed by atoms with Gasteiger partial charge in [-0.15, -0.1) is 0 Å². The van der Waals surface area contributed by atoms with E-state index in [2.05, 4.69) is 20.3 Å². The molecule has 38 heavy (non-hydrogen) atoms. The summed E-state index contributed by atoms with van der Waals surface area (Å²) < 4.78 is 21.4. The zero-order chi connectivity index (χ0) is 26.9. The molecular weight excluding hydrogens is 487 g/mol. The molecule has 0 aliphatic carbocycles. The second kappa shape index (κ2) is 10.4. The van der Waals surface area contributed by atoms with E-state index < -0.39 is 5.41 Å². The van der Waals surface area contributed by atoms with Crippen LogP contribution >= 0.6 is 0 Å². The van der Waals surface area contributed by atoms with Gasteiger partial charge in [0, 0.05) is 37.0 Å². The monoisotopic (exact) mass is 516 g/mol. The van der Waals surface area contributed by atoms with Gasteiger partial charge in [-0.05, 0) is 51.8 Å². The molecular formula is C28H29FN6O3. The Hall–Kier alpha value is -4.05. The number of amides is 1. The fourth-order valence-corrected chi connectivity index (χ4v) is 4.65. The molecule has 0 saturated heterocycles. The van der Waals surface area contributed by atoms with Crippen LogP contribution in [0.15, 0.2) is 42.6 Å². The van der Waals surface area contributed by atoms with Gasteiger partial charge in [0.15, 0.2) is 17.3 Å². The predicted molar refractivity (Wildman–Crippen MR) is 140 cm³/mol. The van der Waals surface area contributed by atoms with Gasteiger partial charge in [0.05, 0.1) is 17.3 Å². The number of hydrogen-bond donors (Lipinski definition) is 1. The molecule has 196 valence electrons. The summed E-state index contributed by atoms with van der Waals surface area (Å²) in [5.74, 6) is -0.252. The molecule has 1 N–H and O–H groups in total. The maximum Gasteiger partial charge on any atom is 0.235 e. The van der Waals surface area contributed by atoms with Crippen LogP contribution in [0.2, 0.25) is 0 Å². The van der Waals surface area contributed by atoms with E-state index in [9.17, 15) is 14.0 Å². The molecule has 1 aliphatic heterocycles. The Labute approximate surface area is 219 Å². The van der Waals surface area contributed by atoms with E-state index in [0.29, 0.717) is 53.3 Å². The quantitative estimate of drug-likeness (QED) is 0.240. The van der Waals surface area contributed by atoms with Crippen molar-refractivity contribution in [1.29, 1.82) is 0 Å². The van der Waals surface area contributed by atoms with Crippen molar-refractivity contribution in [2.45, 2.75) is 52.0 Å². The van der Waals surface area contributed by atoms with Crippen LogP contribution in [0.25, 0.3) is 22.6 Å². The lowest BCUT2D eigenvalue weighted by atomic mass is 9.84. The SMILES string of the molecule is CCOCCCCC(=O)c1nc(-c2nn(Cc3ccccc3F)c3ncccc23)nc2c1C(C)(C)C(=O)N2. The molecule has 0 saturated carbocycles. The summed E-state index contributed by atoms with van der Waals surface area (Å²) in [6, 6.07) is 10.1. The standard InChI is InChI=1S/C28H29FN6O3/c1-4-38-15-8-7-13-20(36)23-21-24(33-27(37)28(21,2)3)32-25(31-23)22-18-11-9-14-30-26(18)35(34-22)16-17-10-5-6-12-19(17)29/h5-6,9-12,14H,4,7-8,13,15-16H2,1-3H3,(H,31,32,33,37). The van der Waals surface area contributed by atoms with E-state index in [1.165, 1.54) is 6.07 Å². The number of unbranched alkanes of at least 4 members (excludes halogenated alkanes) is 1. The average molecular weight is 517 g/mol. The number of aromatic nitrogens is 5. The first-order chi connectivity index (χ1) is 18.3. The second-order valence-corrected chi connectivity index (χ2v) is 9.75. The molecule has 1 amide bonds. The fourth-order valence-electron chi connectivity index (χ4n) is 4.65. The van der Waals surface area contributed by atoms with Gasteiger partial charge in [0.1, 0.15) is 23.0 Å². The molecule has 9 nitrogen and oxygen atoms in total. The number of Topliss-reactive ketones (excluding diaryl/α,β-unsaturated/α-hetero) is 1. The molecule has 0 unspecified atom stereocenters. The van der Waals surface area contributed by atoms with Gasteiger partial charge in [-0.3, -0.25) is 9.59 Å². The first kappa shape index (κ1) is 25.6. The summed E-state index contributed by atoms with van der Waals surface area (Å²) in [6.45, 7) is 6.81. The van der Waals surface area contributed by atoms with Gasteiger partial charge in [0.25, 0.3) is 0 Å². The Morgan fingerprint density at radius 2 is 1.95 bits per heavy atom. The van der Waals surface area contributed by atoms with Crippen molar-refractivity contribution in [3.63, 3.8) is 0 Å². The fraction of sp³-hybridized carbons (Fsp3) is 0.357. The highest BCUT2D eigenvalue weighted by Crippen LogP contribution is 2.40. The van der Waals surface area contributed by atoms with Crippen molar-refractivity contribution in [3.8, 4) is 11.5 Å². The first-order valence-electron chi connectivity index (χ1n) is 12.7. The Bertz CT molecular complexity index is 1530. The van der Waals surface area contributed by atoms with Gasteiger partial charge in [-0.2, -0.15) is 5.10 Å². The van der Waals surface area contributed by atoms with Crippen LogP contribution < -0.4 is 5.32 Å². The number of rotatable bonds is 10. The molecule has 3 aromatic heterocycles. The zero-order valence-corrected chi connectivity index (χ0v) is 21.6. The lowest BCUT2D eigenvalue weighted by Gasteiger charge is -2.17. The van der Waals surface area contributed by atoms with Gasteiger partial charge >= 0.3 is 0 Å². The molecule has 0 atom stereocenters. The van der Waals surface area contributed by atoms with Crippen LogP contribution in [0.4, 0.5) is 10.2 Å². The molecule has 1 aromatic carbocycles. The van der Waals surface area contributed by atoms with Crippen LogP contribution in [0.1, 0.15) is 61.6 Å². The van der Waals surface area contributed by atoms with E-state index in [4.69, 9.17) is 9.84 Å². The van der Waals surface area contributed by atoms with Crippen molar-refractivity contribution in [2.24, 2.45) is 0 Å². The average Bonchev–Trinajstić information content (AvgIpc) is 3.38. The van der Waals surface area contributed by atoms with Crippen LogP contribution in [-0.2, 0) is 21.5 Å². The Balaban J connectivity index is 1.58. The van der Waals surface area contributed by atoms with Crippen molar-refractivity contribution in [1.82, 2.24) is 24.7 Å². The molecule has 1 aliphatic rings. The van der Waals surface area contributed by atoms with Crippen LogP contribution in [-0.4, -0.2) is 49.6 Å². The number of carbonyl (C=O) groups is 2. The van der Waals surface area contributed by atoms with Crippen molar-refractivity contribution < 1.29 is 18.7 Å². The van der Waals surface area contributed by atoms with Crippen LogP contribution in [0, 0.1) is 5.82 Å². The smallest absolute Gasteiger partial charge is 0.235 e. The highest BCUT2D eigenvalue weighted by molar-refractivity contribution is 6.09. The van der Waals surface area contributed by atoms with E-state index in [1.807, 2.05) is 13.0 Å². The van der Waals surface area contributed by atoms with Gasteiger partial charge in [-0.25, -0.2) is 24.0 Å². The number of ketones is 1. The number of benzene rings is 1. The Morgan fingerprint density at radius 3 is 2.74 bits per heavy atom. The summed E-state index contributed by atoms with van der Waals surface area (Å²) >= 11 is 0. The van der Waals surface area contributed by atoms with E-state index >= 15 is 0 Å². The summed E-state index contributed by atoms with van der Waals surface area (Å²) in [5.41, 5.74) is 1.14. The second-order valence-electron chi connectivity index (χ2n) is 9.75. The number of ether oxygens (including phenoxy) is 1. The normalized spacial score (nSPS) is 14.1. The minimum atomic E-state index is -0.960. The predicted octanol–water partition coefficient (Wildman–Crippen LogP) is 4.69. The lowest BCUT2D eigenvalue weighted by molar-refractivity contribution is -0.119. The number of fused-ring (bicyclic) bond motifs is 2. The Morgan fingerprint density at radius 1 is 1.13 bits per heavy atom. The number of pyridine rings is 1. The summed E-state index contributed by atoms with van der Waals surface area (Å²) in [7, 11) is 0. The van der Waals surface area contributed by atoms with Crippen LogP contribution in [0.3, 0.4) is 0 Å². The minimum absolute atomic E-state index is 0.153. The molecule has 0 spiro atoms. The number of anilines is 1. The molecule has 0 bridgehead atoms. The number of carbonyl (C=O) groups excluding carboxylic acids is 2. The van der Waals surface area contributed by atoms with Crippen molar-refractivity contribution in [2.75, 3.05) is 18.5 Å². The highest BCUT2D eigenvalue weighted by atomic mass is 19.1. The molecule has 0 radical (unpaired) electrons. The van der Waals surface area contributed by atoms with E-state index in [0.717, 1.165) is 6.42 Å². The first-order valence-corrected chi connectivity index (χ1v) is 12.7. The molecule has 0 fully saturated rings. The van der Waals surface area contributed by atoms with Gasteiger partial charge in [-0.1, -0.05) is 18.2 Å². The third-order valence-corrected chi connectivity index (χ3v) is 6.74. The minimum Gasteiger partial charge on any atom is -0.382 e. The number of halogens is 1. The number of hydrogen-bond acceptors (Lipinski definition) is 7. The highest BCUT2D eigenvalue weighted by Gasteiger charge is 2.44. The molecule has 10 heteroatoms. The maximum atomic E-state index is 14.4. The third kappa shape index (κ3) is 4.67. The van der Waals surface area contributed by atoms with Crippen LogP contribution in [0.5, 0.6) is 0 Å². The van der Waals surface area contributed by atoms with Gasteiger partial charge in [0.2, 0.25) is 5.91 Å². The van der Waals surface area contributed by atoms with Crippen molar-refractivity contribution >= 4 is 28.5 Å². The molecule has 4 aromatic rings. The topological polar surface area (TPSA) is 112 Å².